The van der Waals surface area contributed by atoms with Crippen LogP contribution in [0.25, 0.3) is 0 Å². The van der Waals surface area contributed by atoms with Crippen molar-refractivity contribution in [1.29, 1.82) is 0 Å². The van der Waals surface area contributed by atoms with Crippen LogP contribution in [0.3, 0.4) is 0 Å². The minimum absolute atomic E-state index is 0.319. The minimum atomic E-state index is 0.319. The molecule has 0 saturated carbocycles. The number of carbonyl (C=O) groups excluding carboxylic acids is 1. The fourth-order valence-corrected chi connectivity index (χ4v) is 4.45. The summed E-state index contributed by atoms with van der Waals surface area (Å²) in [5, 5.41) is 1.21. The van der Waals surface area contributed by atoms with E-state index >= 15 is 0 Å². The quantitative estimate of drug-likeness (QED) is 0.858. The molecule has 22 heavy (non-hydrogen) atoms. The van der Waals surface area contributed by atoms with Crippen LogP contribution >= 0.6 is 11.3 Å². The largest absolute Gasteiger partial charge is 0.341 e. The first-order valence-corrected chi connectivity index (χ1v) is 9.46. The van der Waals surface area contributed by atoms with Gasteiger partial charge in [0.25, 0.3) is 0 Å². The highest BCUT2D eigenvalue weighted by Gasteiger charge is 2.27. The average Bonchev–Trinajstić information content (AvgIpc) is 2.80. The van der Waals surface area contributed by atoms with Gasteiger partial charge in [-0.1, -0.05) is 12.8 Å². The number of amides is 1. The molecule has 122 valence electrons. The van der Waals surface area contributed by atoms with Crippen molar-refractivity contribution >= 4 is 17.2 Å². The maximum Gasteiger partial charge on any atom is 0.236 e. The number of nitrogens with zero attached hydrogens (tertiary/aromatic N) is 3. The van der Waals surface area contributed by atoms with E-state index in [1.807, 2.05) is 6.20 Å². The van der Waals surface area contributed by atoms with Gasteiger partial charge in [0.15, 0.2) is 0 Å². The highest BCUT2D eigenvalue weighted by Crippen LogP contribution is 2.29. The predicted molar refractivity (Wildman–Crippen MR) is 90.3 cm³/mol. The fraction of sp³-hybridized carbons (Fsp3) is 0.765. The Labute approximate surface area is 137 Å². The molecule has 3 rings (SSSR count). The topological polar surface area (TPSA) is 36.4 Å². The van der Waals surface area contributed by atoms with Gasteiger partial charge in [0.2, 0.25) is 5.91 Å². The van der Waals surface area contributed by atoms with E-state index < -0.39 is 0 Å². The van der Waals surface area contributed by atoms with Crippen LogP contribution in [-0.2, 0) is 4.79 Å². The van der Waals surface area contributed by atoms with Crippen molar-refractivity contribution in [2.45, 2.75) is 51.4 Å². The maximum absolute atomic E-state index is 12.6. The first-order chi connectivity index (χ1) is 10.7. The van der Waals surface area contributed by atoms with E-state index in [0.29, 0.717) is 18.4 Å². The predicted octanol–water partition coefficient (Wildman–Crippen LogP) is 3.03. The third-order valence-electron chi connectivity index (χ3n) is 4.82. The lowest BCUT2D eigenvalue weighted by Gasteiger charge is -2.33. The van der Waals surface area contributed by atoms with Crippen molar-refractivity contribution < 1.29 is 4.79 Å². The van der Waals surface area contributed by atoms with E-state index in [9.17, 15) is 4.79 Å². The second kappa shape index (κ2) is 7.55. The normalized spacial score (nSPS) is 24.2. The van der Waals surface area contributed by atoms with Gasteiger partial charge < -0.3 is 4.90 Å². The van der Waals surface area contributed by atoms with Crippen LogP contribution in [0, 0.1) is 6.92 Å². The maximum atomic E-state index is 12.6. The Kier molecular flexibility index (Phi) is 5.47. The van der Waals surface area contributed by atoms with Crippen molar-refractivity contribution in [1.82, 2.24) is 14.8 Å². The van der Waals surface area contributed by atoms with Crippen LogP contribution in [0.2, 0.25) is 0 Å². The molecule has 0 N–H and O–H groups in total. The molecular formula is C17H27N3OS. The number of piperidine rings is 1. The van der Waals surface area contributed by atoms with Crippen LogP contribution in [0.1, 0.15) is 54.3 Å². The minimum Gasteiger partial charge on any atom is -0.341 e. The van der Waals surface area contributed by atoms with Gasteiger partial charge in [-0.3, -0.25) is 9.69 Å². The lowest BCUT2D eigenvalue weighted by Crippen LogP contribution is -2.44. The molecule has 0 radical (unpaired) electrons. The monoisotopic (exact) mass is 321 g/mol. The molecule has 1 amide bonds. The molecule has 1 aromatic rings. The summed E-state index contributed by atoms with van der Waals surface area (Å²) in [5.74, 6) is 0.764. The summed E-state index contributed by atoms with van der Waals surface area (Å²) in [5.41, 5.74) is 0. The molecule has 4 nitrogen and oxygen atoms in total. The first-order valence-electron chi connectivity index (χ1n) is 8.65. The van der Waals surface area contributed by atoms with Crippen LogP contribution in [0.4, 0.5) is 0 Å². The number of thiazole rings is 1. The Balaban J connectivity index is 1.55. The van der Waals surface area contributed by atoms with Gasteiger partial charge in [-0.05, 0) is 45.7 Å². The van der Waals surface area contributed by atoms with Gasteiger partial charge >= 0.3 is 0 Å². The molecule has 2 aliphatic rings. The van der Waals surface area contributed by atoms with Crippen LogP contribution in [-0.4, -0.2) is 53.4 Å². The zero-order valence-electron chi connectivity index (χ0n) is 13.6. The molecule has 2 aliphatic heterocycles. The summed E-state index contributed by atoms with van der Waals surface area (Å²) in [7, 11) is 0. The van der Waals surface area contributed by atoms with Crippen molar-refractivity contribution in [2.24, 2.45) is 0 Å². The number of hydrogen-bond acceptors (Lipinski definition) is 4. The fourth-order valence-electron chi connectivity index (χ4n) is 3.55. The smallest absolute Gasteiger partial charge is 0.236 e. The third kappa shape index (κ3) is 4.07. The molecule has 0 bridgehead atoms. The highest BCUT2D eigenvalue weighted by molar-refractivity contribution is 7.11. The standard InChI is InChI=1S/C17H27N3OS/c1-14-11-18-17(22-14)15-7-6-10-20(12-15)16(21)13-19-8-4-2-3-5-9-19/h11,15H,2-10,12-13H2,1H3. The lowest BCUT2D eigenvalue weighted by molar-refractivity contribution is -0.133. The van der Waals surface area contributed by atoms with Gasteiger partial charge in [0.1, 0.15) is 0 Å². The summed E-state index contributed by atoms with van der Waals surface area (Å²) in [6.45, 7) is 6.69. The van der Waals surface area contributed by atoms with E-state index in [2.05, 4.69) is 21.7 Å². The number of likely N-dealkylation sites (tertiary alicyclic amines) is 2. The van der Waals surface area contributed by atoms with E-state index in [1.165, 1.54) is 42.0 Å². The molecule has 0 spiro atoms. The molecule has 2 saturated heterocycles. The van der Waals surface area contributed by atoms with Crippen LogP contribution in [0.15, 0.2) is 6.20 Å². The summed E-state index contributed by atoms with van der Waals surface area (Å²) in [4.78, 5) is 22.9. The zero-order valence-corrected chi connectivity index (χ0v) is 14.4. The Morgan fingerprint density at radius 3 is 2.68 bits per heavy atom. The third-order valence-corrected chi connectivity index (χ3v) is 5.90. The Morgan fingerprint density at radius 2 is 2.00 bits per heavy atom. The molecule has 1 unspecified atom stereocenters. The van der Waals surface area contributed by atoms with Gasteiger partial charge in [0.05, 0.1) is 11.6 Å². The first kappa shape index (κ1) is 15.9. The van der Waals surface area contributed by atoms with Gasteiger partial charge in [-0.15, -0.1) is 11.3 Å². The van der Waals surface area contributed by atoms with Crippen molar-refractivity contribution in [3.05, 3.63) is 16.1 Å². The number of hydrogen-bond donors (Lipinski definition) is 0. The number of rotatable bonds is 3. The summed E-state index contributed by atoms with van der Waals surface area (Å²) >= 11 is 1.79. The number of carbonyl (C=O) groups is 1. The Bertz CT molecular complexity index is 494. The van der Waals surface area contributed by atoms with E-state index in [0.717, 1.165) is 32.6 Å². The van der Waals surface area contributed by atoms with E-state index in [1.54, 1.807) is 11.3 Å². The zero-order chi connectivity index (χ0) is 15.4. The molecular weight excluding hydrogens is 294 g/mol. The van der Waals surface area contributed by atoms with Crippen LogP contribution in [0.5, 0.6) is 0 Å². The second-order valence-corrected chi connectivity index (χ2v) is 7.94. The van der Waals surface area contributed by atoms with Gasteiger partial charge in [-0.25, -0.2) is 4.98 Å². The van der Waals surface area contributed by atoms with E-state index in [4.69, 9.17) is 0 Å². The highest BCUT2D eigenvalue weighted by atomic mass is 32.1. The SMILES string of the molecule is Cc1cnc(C2CCCN(C(=O)CN3CCCCCC3)C2)s1. The van der Waals surface area contributed by atoms with Crippen molar-refractivity contribution in [2.75, 3.05) is 32.7 Å². The second-order valence-electron chi connectivity index (χ2n) is 6.68. The molecule has 3 heterocycles. The molecule has 1 aromatic heterocycles. The van der Waals surface area contributed by atoms with Crippen LogP contribution < -0.4 is 0 Å². The summed E-state index contributed by atoms with van der Waals surface area (Å²) in [6.07, 6.45) is 9.36. The molecule has 5 heteroatoms. The summed E-state index contributed by atoms with van der Waals surface area (Å²) < 4.78 is 0. The van der Waals surface area contributed by atoms with Gasteiger partial charge in [0, 0.05) is 30.1 Å². The Morgan fingerprint density at radius 1 is 1.23 bits per heavy atom. The average molecular weight is 321 g/mol. The molecule has 1 atom stereocenters. The lowest BCUT2D eigenvalue weighted by atomic mass is 9.98. The van der Waals surface area contributed by atoms with Crippen molar-refractivity contribution in [3.8, 4) is 0 Å². The van der Waals surface area contributed by atoms with Crippen molar-refractivity contribution in [3.63, 3.8) is 0 Å². The molecule has 0 aliphatic carbocycles. The summed E-state index contributed by atoms with van der Waals surface area (Å²) in [6, 6.07) is 0. The molecule has 0 aromatic carbocycles. The van der Waals surface area contributed by atoms with E-state index in [-0.39, 0.29) is 0 Å². The molecule has 2 fully saturated rings. The number of aryl methyl sites for hydroxylation is 1. The Hall–Kier alpha value is -0.940. The van der Waals surface area contributed by atoms with Gasteiger partial charge in [-0.2, -0.15) is 0 Å². The number of aromatic nitrogens is 1.